The van der Waals surface area contributed by atoms with Crippen molar-refractivity contribution in [1.82, 2.24) is 19.9 Å². The van der Waals surface area contributed by atoms with Crippen molar-refractivity contribution >= 4 is 56.0 Å². The van der Waals surface area contributed by atoms with E-state index in [1.807, 2.05) is 27.7 Å². The lowest BCUT2D eigenvalue weighted by molar-refractivity contribution is -0.162. The Morgan fingerprint density at radius 3 is 1.14 bits per heavy atom. The topological polar surface area (TPSA) is 260 Å². The maximum absolute atomic E-state index is 13.6. The van der Waals surface area contributed by atoms with Crippen LogP contribution >= 0.6 is 0 Å². The molecule has 0 saturated carbocycles. The molecule has 0 spiro atoms. The van der Waals surface area contributed by atoms with Gasteiger partial charge in [0.05, 0.1) is 71.5 Å². The lowest BCUT2D eigenvalue weighted by atomic mass is 9.97. The van der Waals surface area contributed by atoms with E-state index < -0.39 is 79.2 Å². The Hall–Kier alpha value is -5.78. The first-order valence-corrected chi connectivity index (χ1v) is 26.5. The molecule has 396 valence electrons. The van der Waals surface area contributed by atoms with E-state index in [0.29, 0.717) is 45.0 Å². The summed E-state index contributed by atoms with van der Waals surface area (Å²) in [5.41, 5.74) is 1.19. The van der Waals surface area contributed by atoms with E-state index >= 15 is 0 Å². The van der Waals surface area contributed by atoms with E-state index in [9.17, 15) is 55.6 Å². The molecule has 4 aromatic rings. The lowest BCUT2D eigenvalue weighted by Gasteiger charge is -2.25. The van der Waals surface area contributed by atoms with Gasteiger partial charge in [0, 0.05) is 36.3 Å². The zero-order valence-electron chi connectivity index (χ0n) is 43.1. The average molecular weight is 1050 g/mol. The predicted octanol–water partition coefficient (Wildman–Crippen LogP) is 6.54. The van der Waals surface area contributed by atoms with Gasteiger partial charge in [0.1, 0.15) is 23.8 Å². The first kappa shape index (κ1) is 60.5. The molecule has 0 bridgehead atoms. The van der Waals surface area contributed by atoms with Crippen LogP contribution < -0.4 is 8.61 Å². The summed E-state index contributed by atoms with van der Waals surface area (Å²) in [5, 5.41) is 40.8. The van der Waals surface area contributed by atoms with Crippen molar-refractivity contribution in [3.8, 4) is 22.5 Å². The highest BCUT2D eigenvalue weighted by Gasteiger charge is 2.29. The fourth-order valence-electron chi connectivity index (χ4n) is 6.06. The summed E-state index contributed by atoms with van der Waals surface area (Å²) in [4.78, 5) is 42.2. The standard InChI is InChI=1S/2C25H34FN3O6S/c2*1-15(2)22-20(13-12-19(30)14-21(31)35-16(3)25(4,5)32)23(17-8-10-18(26)11-9-17)28-24(27-22)29(6)36(7,33)34/h2*8-13,15-16,19,30,32H,14H2,1-7H3/b2*13-12+/t2*16-,19?/m10/s1. The van der Waals surface area contributed by atoms with Crippen LogP contribution in [0.1, 0.15) is 116 Å². The molecule has 2 unspecified atom stereocenters. The summed E-state index contributed by atoms with van der Waals surface area (Å²) < 4.78 is 88.0. The highest BCUT2D eigenvalue weighted by Crippen LogP contribution is 2.34. The average Bonchev–Trinajstić information content (AvgIpc) is 3.25. The number of hydrogen-bond donors (Lipinski definition) is 4. The summed E-state index contributed by atoms with van der Waals surface area (Å²) >= 11 is 0. The SMILES string of the molecule is CC(C)c1nc(N(C)S(C)(=O)=O)nc(-c2ccc(F)cc2)c1/C=C/C(O)CC(=O)O[C@@H](C)C(C)(C)O.CC(C)c1nc(N(C)S(C)(=O)=O)nc(-c2ccc(F)cc2)c1/C=C/C(O)CC(=O)O[C@H](C)C(C)(C)O. The number of rotatable bonds is 20. The molecule has 0 aliphatic carbocycles. The van der Waals surface area contributed by atoms with Crippen LogP contribution in [0, 0.1) is 11.6 Å². The molecule has 18 nitrogen and oxygen atoms in total. The molecule has 2 aromatic carbocycles. The first-order valence-electron chi connectivity index (χ1n) is 22.8. The Bertz CT molecular complexity index is 2610. The smallest absolute Gasteiger partial charge is 0.309 e. The molecule has 0 saturated heterocycles. The van der Waals surface area contributed by atoms with Crippen LogP contribution in [0.25, 0.3) is 34.7 Å². The molecule has 4 atom stereocenters. The van der Waals surface area contributed by atoms with Crippen molar-refractivity contribution in [2.75, 3.05) is 35.2 Å². The van der Waals surface area contributed by atoms with Gasteiger partial charge < -0.3 is 29.9 Å². The minimum atomic E-state index is -3.66. The number of sulfonamides is 2. The maximum Gasteiger partial charge on any atom is 0.309 e. The molecule has 0 aliphatic heterocycles. The Kier molecular flexibility index (Phi) is 20.8. The van der Waals surface area contributed by atoms with Crippen LogP contribution in [-0.2, 0) is 39.1 Å². The van der Waals surface area contributed by atoms with Crippen molar-refractivity contribution < 1.29 is 65.1 Å². The number of carbonyl (C=O) groups excluding carboxylic acids is 2. The second kappa shape index (κ2) is 24.8. The highest BCUT2D eigenvalue weighted by molar-refractivity contribution is 7.92. The van der Waals surface area contributed by atoms with Gasteiger partial charge in [-0.2, -0.15) is 0 Å². The van der Waals surface area contributed by atoms with Crippen molar-refractivity contribution in [2.45, 2.75) is 130 Å². The number of esters is 2. The van der Waals surface area contributed by atoms with Crippen molar-refractivity contribution in [2.24, 2.45) is 0 Å². The summed E-state index contributed by atoms with van der Waals surface area (Å²) in [6.45, 7) is 16.6. The van der Waals surface area contributed by atoms with E-state index in [1.165, 1.54) is 102 Å². The Labute approximate surface area is 421 Å². The Morgan fingerprint density at radius 2 is 0.889 bits per heavy atom. The van der Waals surface area contributed by atoms with Gasteiger partial charge in [-0.1, -0.05) is 52.0 Å². The fourth-order valence-corrected chi connectivity index (χ4v) is 6.82. The normalized spacial score (nSPS) is 14.2. The van der Waals surface area contributed by atoms with Crippen LogP contribution in [-0.4, -0.2) is 131 Å². The second-order valence-corrected chi connectivity index (χ2v) is 23.0. The summed E-state index contributed by atoms with van der Waals surface area (Å²) in [6.07, 6.45) is 3.25. The van der Waals surface area contributed by atoms with Crippen LogP contribution in [0.15, 0.2) is 60.7 Å². The van der Waals surface area contributed by atoms with Crippen LogP contribution in [0.4, 0.5) is 20.7 Å². The van der Waals surface area contributed by atoms with E-state index in [4.69, 9.17) is 9.47 Å². The van der Waals surface area contributed by atoms with Gasteiger partial charge in [0.15, 0.2) is 0 Å². The summed E-state index contributed by atoms with van der Waals surface area (Å²) in [7, 11) is -4.64. The molecule has 4 rings (SSSR count). The molecule has 4 N–H and O–H groups in total. The minimum Gasteiger partial charge on any atom is -0.460 e. The van der Waals surface area contributed by atoms with Crippen molar-refractivity contribution in [1.29, 1.82) is 0 Å². The Morgan fingerprint density at radius 1 is 0.597 bits per heavy atom. The number of benzene rings is 2. The summed E-state index contributed by atoms with van der Waals surface area (Å²) in [6, 6.07) is 11.1. The van der Waals surface area contributed by atoms with E-state index in [1.54, 1.807) is 26.0 Å². The zero-order chi connectivity index (χ0) is 54.8. The monoisotopic (exact) mass is 1050 g/mol. The van der Waals surface area contributed by atoms with E-state index in [-0.39, 0.29) is 36.6 Å². The van der Waals surface area contributed by atoms with Crippen LogP contribution in [0.3, 0.4) is 0 Å². The Balaban J connectivity index is 0.000000380. The number of nitrogens with zero attached hydrogens (tertiary/aromatic N) is 6. The quantitative estimate of drug-likeness (QED) is 0.0685. The number of aliphatic hydroxyl groups is 4. The largest absolute Gasteiger partial charge is 0.460 e. The molecule has 0 fully saturated rings. The van der Waals surface area contributed by atoms with Crippen molar-refractivity contribution in [3.05, 3.63) is 94.8 Å². The van der Waals surface area contributed by atoms with Gasteiger partial charge in [-0.05, 0) is 102 Å². The molecule has 2 aromatic heterocycles. The van der Waals surface area contributed by atoms with Crippen molar-refractivity contribution in [3.63, 3.8) is 0 Å². The van der Waals surface area contributed by atoms with Crippen LogP contribution in [0.2, 0.25) is 0 Å². The maximum atomic E-state index is 13.6. The minimum absolute atomic E-state index is 0.0533. The highest BCUT2D eigenvalue weighted by atomic mass is 32.2. The van der Waals surface area contributed by atoms with E-state index in [2.05, 4.69) is 19.9 Å². The number of ether oxygens (including phenoxy) is 2. The third kappa shape index (κ3) is 17.8. The van der Waals surface area contributed by atoms with Gasteiger partial charge in [-0.3, -0.25) is 9.59 Å². The van der Waals surface area contributed by atoms with Crippen LogP contribution in [0.5, 0.6) is 0 Å². The molecule has 72 heavy (non-hydrogen) atoms. The van der Waals surface area contributed by atoms with Gasteiger partial charge in [-0.25, -0.2) is 54.2 Å². The molecule has 0 amide bonds. The molecule has 0 aliphatic rings. The fraction of sp³-hybridized carbons (Fsp3) is 0.480. The second-order valence-electron chi connectivity index (χ2n) is 19.0. The van der Waals surface area contributed by atoms with Gasteiger partial charge in [-0.15, -0.1) is 0 Å². The third-order valence-corrected chi connectivity index (χ3v) is 13.5. The molecule has 22 heteroatoms. The molecular weight excluding hydrogens is 979 g/mol. The third-order valence-electron chi connectivity index (χ3n) is 11.1. The number of aliphatic hydroxyl groups excluding tert-OH is 2. The number of carbonyl (C=O) groups is 2. The molecule has 0 radical (unpaired) electrons. The number of anilines is 2. The summed E-state index contributed by atoms with van der Waals surface area (Å²) in [5.74, 6) is -2.73. The molecule has 2 heterocycles. The number of hydrogen-bond acceptors (Lipinski definition) is 16. The number of aromatic nitrogens is 4. The first-order chi connectivity index (χ1) is 33.0. The number of halogens is 2. The predicted molar refractivity (Wildman–Crippen MR) is 273 cm³/mol. The zero-order valence-corrected chi connectivity index (χ0v) is 44.8. The lowest BCUT2D eigenvalue weighted by Crippen LogP contribution is -2.37. The van der Waals surface area contributed by atoms with E-state index in [0.717, 1.165) is 21.1 Å². The van der Waals surface area contributed by atoms with Gasteiger partial charge in [0.2, 0.25) is 31.9 Å². The van der Waals surface area contributed by atoms with Gasteiger partial charge >= 0.3 is 11.9 Å². The van der Waals surface area contributed by atoms with Gasteiger partial charge in [0.25, 0.3) is 0 Å². The molecular formula is C50H68F2N6O12S2.